The van der Waals surface area contributed by atoms with Crippen LogP contribution in [-0.4, -0.2) is 40.2 Å². The van der Waals surface area contributed by atoms with Gasteiger partial charge in [0.15, 0.2) is 11.6 Å². The van der Waals surface area contributed by atoms with Crippen LogP contribution in [0.2, 0.25) is 0 Å². The number of nitrogens with zero attached hydrogens (tertiary/aromatic N) is 3. The first kappa shape index (κ1) is 18.3. The molecule has 0 fully saturated rings. The standard InChI is InChI=1S/C16H15N5S.C3H8O/c1-9-5-7-18-14-12(9)20-15(21-14)13-10(2)19-16(22-13)11-4-3-6-17-8-11;1-3-4-2/h3-4,6,8,18H,1,5,7H2,2H3,(H,20,21);3H2,1-2H3. The zero-order valence-electron chi connectivity index (χ0n) is 15.3. The molecule has 136 valence electrons. The molecular formula is C19H23N5OS. The number of hydrogen-bond donors (Lipinski definition) is 2. The van der Waals surface area contributed by atoms with E-state index in [2.05, 4.69) is 36.6 Å². The highest BCUT2D eigenvalue weighted by molar-refractivity contribution is 7.18. The van der Waals surface area contributed by atoms with Crippen molar-refractivity contribution in [3.63, 3.8) is 0 Å². The lowest BCUT2D eigenvalue weighted by atomic mass is 10.1. The van der Waals surface area contributed by atoms with Gasteiger partial charge in [-0.15, -0.1) is 11.3 Å². The number of hydrogen-bond acceptors (Lipinski definition) is 6. The van der Waals surface area contributed by atoms with Crippen molar-refractivity contribution in [2.75, 3.05) is 25.6 Å². The van der Waals surface area contributed by atoms with Gasteiger partial charge in [-0.05, 0) is 38.0 Å². The van der Waals surface area contributed by atoms with Crippen LogP contribution in [0.4, 0.5) is 5.82 Å². The first-order chi connectivity index (χ1) is 12.6. The average molecular weight is 369 g/mol. The minimum atomic E-state index is 0.819. The molecular weight excluding hydrogens is 346 g/mol. The maximum atomic E-state index is 4.67. The molecule has 6 nitrogen and oxygen atoms in total. The van der Waals surface area contributed by atoms with Crippen LogP contribution < -0.4 is 5.32 Å². The smallest absolute Gasteiger partial charge is 0.152 e. The van der Waals surface area contributed by atoms with Crippen LogP contribution in [0.25, 0.3) is 26.8 Å². The fourth-order valence-corrected chi connectivity index (χ4v) is 3.55. The first-order valence-electron chi connectivity index (χ1n) is 8.53. The van der Waals surface area contributed by atoms with E-state index in [4.69, 9.17) is 0 Å². The molecule has 0 radical (unpaired) electrons. The minimum Gasteiger partial charge on any atom is -0.385 e. The monoisotopic (exact) mass is 369 g/mol. The van der Waals surface area contributed by atoms with Crippen LogP contribution in [0.1, 0.15) is 24.7 Å². The van der Waals surface area contributed by atoms with E-state index in [0.717, 1.165) is 63.6 Å². The Labute approximate surface area is 157 Å². The van der Waals surface area contributed by atoms with Crippen molar-refractivity contribution >= 4 is 22.7 Å². The number of pyridine rings is 1. The van der Waals surface area contributed by atoms with Crippen molar-refractivity contribution in [2.24, 2.45) is 0 Å². The van der Waals surface area contributed by atoms with Crippen molar-refractivity contribution in [1.82, 2.24) is 19.9 Å². The predicted molar refractivity (Wildman–Crippen MR) is 107 cm³/mol. The summed E-state index contributed by atoms with van der Waals surface area (Å²) in [4.78, 5) is 17.9. The van der Waals surface area contributed by atoms with Crippen LogP contribution in [0.5, 0.6) is 0 Å². The molecule has 7 heteroatoms. The van der Waals surface area contributed by atoms with Crippen LogP contribution in [0.3, 0.4) is 0 Å². The number of aromatic nitrogens is 4. The second-order valence-corrected chi connectivity index (χ2v) is 6.84. The molecule has 4 heterocycles. The van der Waals surface area contributed by atoms with Gasteiger partial charge in [-0.3, -0.25) is 4.98 Å². The molecule has 0 saturated carbocycles. The maximum Gasteiger partial charge on any atom is 0.152 e. The normalized spacial score (nSPS) is 12.8. The lowest BCUT2D eigenvalue weighted by Crippen LogP contribution is -2.09. The van der Waals surface area contributed by atoms with Crippen LogP contribution in [0, 0.1) is 6.92 Å². The van der Waals surface area contributed by atoms with E-state index in [9.17, 15) is 0 Å². The summed E-state index contributed by atoms with van der Waals surface area (Å²) < 4.78 is 4.54. The number of ether oxygens (including phenoxy) is 1. The van der Waals surface area contributed by atoms with E-state index >= 15 is 0 Å². The van der Waals surface area contributed by atoms with Crippen molar-refractivity contribution in [2.45, 2.75) is 20.3 Å². The molecule has 3 aromatic rings. The Balaban J connectivity index is 0.000000447. The number of anilines is 1. The number of nitrogens with one attached hydrogen (secondary N) is 2. The summed E-state index contributed by atoms with van der Waals surface area (Å²) in [6.45, 7) is 9.78. The summed E-state index contributed by atoms with van der Waals surface area (Å²) in [5.41, 5.74) is 4.11. The zero-order chi connectivity index (χ0) is 18.5. The van der Waals surface area contributed by atoms with Gasteiger partial charge in [-0.25, -0.2) is 9.97 Å². The van der Waals surface area contributed by atoms with Crippen molar-refractivity contribution in [3.8, 4) is 21.3 Å². The third-order valence-electron chi connectivity index (χ3n) is 3.99. The predicted octanol–water partition coefficient (Wildman–Crippen LogP) is 4.39. The highest BCUT2D eigenvalue weighted by Gasteiger charge is 2.20. The van der Waals surface area contributed by atoms with Crippen LogP contribution >= 0.6 is 11.3 Å². The lowest BCUT2D eigenvalue weighted by Gasteiger charge is -2.13. The number of fused-ring (bicyclic) bond motifs is 1. The van der Waals surface area contributed by atoms with Crippen molar-refractivity contribution < 1.29 is 4.74 Å². The molecule has 1 aliphatic rings. The molecule has 0 unspecified atom stereocenters. The molecule has 0 atom stereocenters. The fourth-order valence-electron chi connectivity index (χ4n) is 2.55. The Bertz CT molecular complexity index is 883. The van der Waals surface area contributed by atoms with E-state index in [0.29, 0.717) is 0 Å². The Morgan fingerprint density at radius 1 is 1.35 bits per heavy atom. The van der Waals surface area contributed by atoms with Crippen LogP contribution in [0.15, 0.2) is 31.1 Å². The van der Waals surface area contributed by atoms with Gasteiger partial charge in [0.05, 0.1) is 16.3 Å². The zero-order valence-corrected chi connectivity index (χ0v) is 16.1. The molecule has 3 aromatic heterocycles. The van der Waals surface area contributed by atoms with Gasteiger partial charge in [-0.1, -0.05) is 6.58 Å². The van der Waals surface area contributed by atoms with Gasteiger partial charge >= 0.3 is 0 Å². The highest BCUT2D eigenvalue weighted by atomic mass is 32.1. The number of H-pyrrole nitrogens is 1. The molecule has 0 bridgehead atoms. The van der Waals surface area contributed by atoms with E-state index in [1.54, 1.807) is 24.6 Å². The molecule has 0 saturated heterocycles. The quantitative estimate of drug-likeness (QED) is 0.716. The van der Waals surface area contributed by atoms with E-state index in [1.165, 1.54) is 0 Å². The largest absolute Gasteiger partial charge is 0.385 e. The highest BCUT2D eigenvalue weighted by Crippen LogP contribution is 2.36. The third-order valence-corrected chi connectivity index (χ3v) is 5.20. The topological polar surface area (TPSA) is 75.7 Å². The summed E-state index contributed by atoms with van der Waals surface area (Å²) in [5, 5.41) is 4.27. The van der Waals surface area contributed by atoms with Crippen LogP contribution in [-0.2, 0) is 4.74 Å². The molecule has 2 N–H and O–H groups in total. The van der Waals surface area contributed by atoms with Gasteiger partial charge in [0.25, 0.3) is 0 Å². The molecule has 0 aliphatic carbocycles. The second kappa shape index (κ2) is 8.25. The number of thiazole rings is 1. The van der Waals surface area contributed by atoms with Gasteiger partial charge in [0, 0.05) is 38.2 Å². The Morgan fingerprint density at radius 2 is 2.15 bits per heavy atom. The van der Waals surface area contributed by atoms with E-state index in [-0.39, 0.29) is 0 Å². The molecule has 0 amide bonds. The van der Waals surface area contributed by atoms with Gasteiger partial charge < -0.3 is 15.0 Å². The van der Waals surface area contributed by atoms with Gasteiger partial charge in [0.1, 0.15) is 5.01 Å². The van der Waals surface area contributed by atoms with Gasteiger partial charge in [0.2, 0.25) is 0 Å². The molecule has 4 rings (SSSR count). The summed E-state index contributed by atoms with van der Waals surface area (Å²) in [6.07, 6.45) is 4.54. The third kappa shape index (κ3) is 3.84. The van der Waals surface area contributed by atoms with Gasteiger partial charge in [-0.2, -0.15) is 0 Å². The van der Waals surface area contributed by atoms with E-state index in [1.807, 2.05) is 32.2 Å². The minimum absolute atomic E-state index is 0.819. The summed E-state index contributed by atoms with van der Waals surface area (Å²) in [6, 6.07) is 3.94. The molecule has 0 spiro atoms. The van der Waals surface area contributed by atoms with Crippen molar-refractivity contribution in [3.05, 3.63) is 42.5 Å². The lowest BCUT2D eigenvalue weighted by molar-refractivity contribution is 0.215. The fraction of sp³-hybridized carbons (Fsp3) is 0.316. The Hall–Kier alpha value is -2.51. The molecule has 26 heavy (non-hydrogen) atoms. The number of aryl methyl sites for hydroxylation is 1. The maximum absolute atomic E-state index is 4.67. The Kier molecular flexibility index (Phi) is 5.80. The number of aromatic amines is 1. The number of methoxy groups -OCH3 is 1. The van der Waals surface area contributed by atoms with E-state index < -0.39 is 0 Å². The summed E-state index contributed by atoms with van der Waals surface area (Å²) >= 11 is 1.63. The summed E-state index contributed by atoms with van der Waals surface area (Å²) in [5.74, 6) is 1.74. The summed E-state index contributed by atoms with van der Waals surface area (Å²) in [7, 11) is 1.68. The number of rotatable bonds is 3. The number of imidazole rings is 1. The second-order valence-electron chi connectivity index (χ2n) is 5.84. The SMILES string of the molecule is C=C1CCNc2nc(-c3sc(-c4cccnc4)nc3C)[nH]c21.CCOC. The molecule has 1 aliphatic heterocycles. The average Bonchev–Trinajstić information content (AvgIpc) is 3.27. The van der Waals surface area contributed by atoms with Crippen molar-refractivity contribution in [1.29, 1.82) is 0 Å². The Morgan fingerprint density at radius 3 is 2.81 bits per heavy atom. The molecule has 0 aromatic carbocycles. The first-order valence-corrected chi connectivity index (χ1v) is 9.34.